The number of halogens is 1. The Kier molecular flexibility index (Phi) is 1.85. The topological polar surface area (TPSA) is 55.9 Å². The Morgan fingerprint density at radius 1 is 1.50 bits per heavy atom. The van der Waals surface area contributed by atoms with E-state index >= 15 is 0 Å². The average molecular weight is 257 g/mol. The number of nitrogens with one attached hydrogen (secondary N) is 1. The van der Waals surface area contributed by atoms with Gasteiger partial charge >= 0.3 is 0 Å². The Hall–Kier alpha value is -0.550. The number of rotatable bonds is 1. The molecule has 1 aliphatic carbocycles. The van der Waals surface area contributed by atoms with Crippen molar-refractivity contribution in [1.29, 1.82) is 0 Å². The van der Waals surface area contributed by atoms with Gasteiger partial charge in [-0.1, -0.05) is 0 Å². The molecule has 0 aromatic carbocycles. The molecule has 5 heteroatoms. The number of hydrogen-bond donors (Lipinski definition) is 2. The van der Waals surface area contributed by atoms with Crippen LogP contribution in [0.2, 0.25) is 0 Å². The van der Waals surface area contributed by atoms with Gasteiger partial charge in [-0.25, -0.2) is 4.68 Å². The van der Waals surface area contributed by atoms with Gasteiger partial charge in [-0.05, 0) is 28.8 Å². The monoisotopic (exact) mass is 256 g/mol. The molecule has 0 bridgehead atoms. The Balaban J connectivity index is 2.01. The summed E-state index contributed by atoms with van der Waals surface area (Å²) in [6, 6.07) is 0.182. The first kappa shape index (κ1) is 8.73. The highest BCUT2D eigenvalue weighted by Gasteiger charge is 2.32. The van der Waals surface area contributed by atoms with E-state index in [0.717, 1.165) is 23.4 Å². The summed E-state index contributed by atoms with van der Waals surface area (Å²) in [6.45, 7) is 1.67. The third kappa shape index (κ3) is 1.26. The first-order chi connectivity index (χ1) is 6.75. The zero-order valence-electron chi connectivity index (χ0n) is 7.83. The molecule has 4 nitrogen and oxygen atoms in total. The predicted octanol–water partition coefficient (Wildman–Crippen LogP) is 1.28. The molecule has 3 N–H and O–H groups in total. The van der Waals surface area contributed by atoms with Gasteiger partial charge in [0.15, 0.2) is 0 Å². The second-order valence-electron chi connectivity index (χ2n) is 4.15. The predicted molar refractivity (Wildman–Crippen MR) is 58.4 cm³/mol. The molecule has 0 amide bonds. The Bertz CT molecular complexity index is 369. The highest BCUT2D eigenvalue weighted by molar-refractivity contribution is 9.10. The number of fused-ring (bicyclic) bond motifs is 1. The fraction of sp³-hybridized carbons (Fsp3) is 0.667. The molecule has 0 radical (unpaired) electrons. The van der Waals surface area contributed by atoms with E-state index in [1.54, 1.807) is 0 Å². The minimum absolute atomic E-state index is 0.182. The van der Waals surface area contributed by atoms with Crippen LogP contribution in [0.15, 0.2) is 4.47 Å². The SMILES string of the molecule is NC1CNc2c(Br)c(C3CC3)nn2C1. The van der Waals surface area contributed by atoms with E-state index < -0.39 is 0 Å². The summed E-state index contributed by atoms with van der Waals surface area (Å²) < 4.78 is 3.14. The molecule has 76 valence electrons. The summed E-state index contributed by atoms with van der Waals surface area (Å²) >= 11 is 3.61. The Morgan fingerprint density at radius 2 is 2.29 bits per heavy atom. The molecule has 0 spiro atoms. The van der Waals surface area contributed by atoms with Crippen molar-refractivity contribution in [1.82, 2.24) is 9.78 Å². The van der Waals surface area contributed by atoms with Crippen molar-refractivity contribution in [2.45, 2.75) is 31.3 Å². The lowest BCUT2D eigenvalue weighted by Gasteiger charge is -2.21. The van der Waals surface area contributed by atoms with Gasteiger partial charge in [0.1, 0.15) is 5.82 Å². The van der Waals surface area contributed by atoms with Gasteiger partial charge in [0, 0.05) is 18.5 Å². The van der Waals surface area contributed by atoms with Crippen molar-refractivity contribution in [3.63, 3.8) is 0 Å². The van der Waals surface area contributed by atoms with Crippen LogP contribution in [0.5, 0.6) is 0 Å². The lowest BCUT2D eigenvalue weighted by Crippen LogP contribution is -2.38. The zero-order chi connectivity index (χ0) is 9.71. The van der Waals surface area contributed by atoms with Crippen LogP contribution in [-0.4, -0.2) is 22.4 Å². The van der Waals surface area contributed by atoms with Gasteiger partial charge in [-0.2, -0.15) is 5.10 Å². The van der Waals surface area contributed by atoms with Crippen LogP contribution >= 0.6 is 15.9 Å². The molecule has 1 unspecified atom stereocenters. The standard InChI is InChI=1S/C9H13BrN4/c10-7-8(5-1-2-5)13-14-4-6(11)3-12-9(7)14/h5-6,12H,1-4,11H2. The second kappa shape index (κ2) is 2.97. The normalized spacial score (nSPS) is 25.7. The molecular formula is C9H13BrN4. The fourth-order valence-electron chi connectivity index (χ4n) is 1.89. The first-order valence-corrected chi connectivity index (χ1v) is 5.80. The van der Waals surface area contributed by atoms with Gasteiger partial charge in [0.05, 0.1) is 16.7 Å². The molecule has 1 aromatic heterocycles. The van der Waals surface area contributed by atoms with Crippen molar-refractivity contribution in [3.8, 4) is 0 Å². The van der Waals surface area contributed by atoms with Gasteiger partial charge in [-0.3, -0.25) is 0 Å². The van der Waals surface area contributed by atoms with Crippen molar-refractivity contribution < 1.29 is 0 Å². The molecule has 3 rings (SSSR count). The Morgan fingerprint density at radius 3 is 3.00 bits per heavy atom. The number of nitrogens with two attached hydrogens (primary N) is 1. The molecule has 1 saturated carbocycles. The molecular weight excluding hydrogens is 244 g/mol. The maximum absolute atomic E-state index is 5.86. The molecule has 2 aliphatic rings. The second-order valence-corrected chi connectivity index (χ2v) is 4.94. The smallest absolute Gasteiger partial charge is 0.139 e. The van der Waals surface area contributed by atoms with E-state index in [1.807, 2.05) is 4.68 Å². The van der Waals surface area contributed by atoms with Crippen LogP contribution in [0.4, 0.5) is 5.82 Å². The van der Waals surface area contributed by atoms with E-state index in [9.17, 15) is 0 Å². The highest BCUT2D eigenvalue weighted by Crippen LogP contribution is 2.45. The van der Waals surface area contributed by atoms with E-state index in [2.05, 4.69) is 26.3 Å². The summed E-state index contributed by atoms with van der Waals surface area (Å²) in [5.41, 5.74) is 7.07. The maximum Gasteiger partial charge on any atom is 0.139 e. The van der Waals surface area contributed by atoms with Crippen molar-refractivity contribution in [2.75, 3.05) is 11.9 Å². The number of hydrogen-bond acceptors (Lipinski definition) is 3. The highest BCUT2D eigenvalue weighted by atomic mass is 79.9. The van der Waals surface area contributed by atoms with Crippen molar-refractivity contribution >= 4 is 21.7 Å². The summed E-state index contributed by atoms with van der Waals surface area (Å²) in [5, 5.41) is 7.90. The van der Waals surface area contributed by atoms with Crippen LogP contribution in [0.25, 0.3) is 0 Å². The van der Waals surface area contributed by atoms with E-state index in [0.29, 0.717) is 5.92 Å². The number of nitrogens with zero attached hydrogens (tertiary/aromatic N) is 2. The summed E-state index contributed by atoms with van der Waals surface area (Å²) in [7, 11) is 0. The van der Waals surface area contributed by atoms with Gasteiger partial charge < -0.3 is 11.1 Å². The first-order valence-electron chi connectivity index (χ1n) is 5.01. The molecule has 1 fully saturated rings. The van der Waals surface area contributed by atoms with E-state index in [-0.39, 0.29) is 6.04 Å². The summed E-state index contributed by atoms with van der Waals surface area (Å²) in [4.78, 5) is 0. The third-order valence-electron chi connectivity index (χ3n) is 2.82. The van der Waals surface area contributed by atoms with Crippen molar-refractivity contribution in [3.05, 3.63) is 10.2 Å². The summed E-state index contributed by atoms with van der Waals surface area (Å²) in [6.07, 6.45) is 2.56. The minimum atomic E-state index is 0.182. The quantitative estimate of drug-likeness (QED) is 0.796. The van der Waals surface area contributed by atoms with Crippen LogP contribution in [0, 0.1) is 0 Å². The van der Waals surface area contributed by atoms with Gasteiger partial charge in [-0.15, -0.1) is 0 Å². The zero-order valence-corrected chi connectivity index (χ0v) is 9.42. The molecule has 14 heavy (non-hydrogen) atoms. The van der Waals surface area contributed by atoms with Crippen LogP contribution < -0.4 is 11.1 Å². The molecule has 1 aromatic rings. The summed E-state index contributed by atoms with van der Waals surface area (Å²) in [5.74, 6) is 1.79. The molecule has 1 atom stereocenters. The Labute approximate surface area is 91.0 Å². The molecule has 0 saturated heterocycles. The number of aromatic nitrogens is 2. The van der Waals surface area contributed by atoms with Gasteiger partial charge in [0.25, 0.3) is 0 Å². The largest absolute Gasteiger partial charge is 0.368 e. The van der Waals surface area contributed by atoms with Crippen LogP contribution in [0.1, 0.15) is 24.5 Å². The average Bonchev–Trinajstić information content (AvgIpc) is 2.93. The van der Waals surface area contributed by atoms with Gasteiger partial charge in [0.2, 0.25) is 0 Å². The van der Waals surface area contributed by atoms with E-state index in [1.165, 1.54) is 18.5 Å². The van der Waals surface area contributed by atoms with Crippen LogP contribution in [-0.2, 0) is 6.54 Å². The van der Waals surface area contributed by atoms with E-state index in [4.69, 9.17) is 5.73 Å². The number of anilines is 1. The molecule has 1 aliphatic heterocycles. The third-order valence-corrected chi connectivity index (χ3v) is 3.60. The maximum atomic E-state index is 5.86. The lowest BCUT2D eigenvalue weighted by molar-refractivity contribution is 0.498. The fourth-order valence-corrected chi connectivity index (χ4v) is 2.64. The van der Waals surface area contributed by atoms with Crippen LogP contribution in [0.3, 0.4) is 0 Å². The minimum Gasteiger partial charge on any atom is -0.368 e. The lowest BCUT2D eigenvalue weighted by atomic mass is 10.2. The van der Waals surface area contributed by atoms with Crippen molar-refractivity contribution in [2.24, 2.45) is 5.73 Å². The molecule has 2 heterocycles.